The molecule has 0 aliphatic carbocycles. The molecule has 10 nitrogen and oxygen atoms in total. The van der Waals surface area contributed by atoms with Crippen molar-refractivity contribution >= 4 is 27.8 Å². The number of sulfonamides is 1. The number of morpholine rings is 1. The molecular formula is C18H23N3O7S. The van der Waals surface area contributed by atoms with Crippen LogP contribution in [0.25, 0.3) is 0 Å². The largest absolute Gasteiger partial charge is 0.469 e. The van der Waals surface area contributed by atoms with Crippen molar-refractivity contribution in [2.45, 2.75) is 17.4 Å². The number of carbonyl (C=O) groups excluding carboxylic acids is 3. The van der Waals surface area contributed by atoms with Crippen LogP contribution in [0.3, 0.4) is 0 Å². The number of benzene rings is 1. The van der Waals surface area contributed by atoms with E-state index in [4.69, 9.17) is 4.74 Å². The number of hydrogen-bond acceptors (Lipinski definition) is 7. The molecule has 0 unspecified atom stereocenters. The number of nitrogens with zero attached hydrogens (tertiary/aromatic N) is 2. The Balaban J connectivity index is 1.78. The van der Waals surface area contributed by atoms with Crippen LogP contribution >= 0.6 is 0 Å². The summed E-state index contributed by atoms with van der Waals surface area (Å²) < 4.78 is 36.5. The number of rotatable bonds is 5. The fourth-order valence-corrected chi connectivity index (χ4v) is 4.68. The first-order valence-corrected chi connectivity index (χ1v) is 10.6. The number of esters is 1. The first-order chi connectivity index (χ1) is 13.8. The highest BCUT2D eigenvalue weighted by atomic mass is 32.2. The summed E-state index contributed by atoms with van der Waals surface area (Å²) in [6.07, 6.45) is -0.252. The highest BCUT2D eigenvalue weighted by Crippen LogP contribution is 2.20. The van der Waals surface area contributed by atoms with Crippen molar-refractivity contribution in [3.8, 4) is 0 Å². The van der Waals surface area contributed by atoms with Crippen LogP contribution in [0.2, 0.25) is 0 Å². The van der Waals surface area contributed by atoms with E-state index in [2.05, 4.69) is 10.1 Å². The van der Waals surface area contributed by atoms with E-state index in [9.17, 15) is 22.8 Å². The van der Waals surface area contributed by atoms with Gasteiger partial charge < -0.3 is 19.7 Å². The van der Waals surface area contributed by atoms with Crippen LogP contribution in [0.5, 0.6) is 0 Å². The Morgan fingerprint density at radius 2 is 1.83 bits per heavy atom. The van der Waals surface area contributed by atoms with Crippen LogP contribution < -0.4 is 5.32 Å². The van der Waals surface area contributed by atoms with Gasteiger partial charge in [0.05, 0.1) is 31.6 Å². The van der Waals surface area contributed by atoms with Crippen LogP contribution in [-0.4, -0.2) is 88.0 Å². The minimum absolute atomic E-state index is 0.0819. The Labute approximate surface area is 168 Å². The maximum atomic E-state index is 12.9. The average Bonchev–Trinajstić information content (AvgIpc) is 2.75. The van der Waals surface area contributed by atoms with Crippen molar-refractivity contribution in [2.24, 2.45) is 0 Å². The quantitative estimate of drug-likeness (QED) is 0.614. The fourth-order valence-electron chi connectivity index (χ4n) is 3.27. The van der Waals surface area contributed by atoms with Gasteiger partial charge in [0, 0.05) is 31.7 Å². The zero-order chi connectivity index (χ0) is 21.0. The Bertz CT molecular complexity index is 879. The maximum Gasteiger partial charge on any atom is 0.308 e. The van der Waals surface area contributed by atoms with Gasteiger partial charge in [-0.05, 0) is 24.3 Å². The van der Waals surface area contributed by atoms with Crippen LogP contribution in [0.15, 0.2) is 29.2 Å². The fraction of sp³-hybridized carbons (Fsp3) is 0.500. The molecule has 2 aliphatic rings. The summed E-state index contributed by atoms with van der Waals surface area (Å²) in [7, 11) is -2.45. The Hall–Kier alpha value is -2.50. The predicted octanol–water partition coefficient (Wildman–Crippen LogP) is -0.789. The number of piperazine rings is 1. The molecule has 29 heavy (non-hydrogen) atoms. The number of nitrogens with one attached hydrogen (secondary N) is 1. The van der Waals surface area contributed by atoms with Gasteiger partial charge in [-0.1, -0.05) is 0 Å². The van der Waals surface area contributed by atoms with E-state index >= 15 is 0 Å². The SMILES string of the molecule is COC(=O)C[C@@H]1C(=O)NCCN1C(=O)c1ccc(S(=O)(=O)N2CCOCC2)cc1. The van der Waals surface area contributed by atoms with Crippen molar-refractivity contribution in [3.63, 3.8) is 0 Å². The third-order valence-corrected chi connectivity index (χ3v) is 6.80. The second kappa shape index (κ2) is 8.89. The smallest absolute Gasteiger partial charge is 0.308 e. The summed E-state index contributed by atoms with van der Waals surface area (Å²) in [6.45, 7) is 1.75. The van der Waals surface area contributed by atoms with Crippen molar-refractivity contribution < 1.29 is 32.3 Å². The van der Waals surface area contributed by atoms with E-state index < -0.39 is 33.8 Å². The van der Waals surface area contributed by atoms with Gasteiger partial charge in [-0.3, -0.25) is 14.4 Å². The van der Waals surface area contributed by atoms with Gasteiger partial charge in [0.2, 0.25) is 15.9 Å². The normalized spacial score (nSPS) is 20.8. The molecule has 2 saturated heterocycles. The summed E-state index contributed by atoms with van der Waals surface area (Å²) in [6, 6.07) is 4.60. The van der Waals surface area contributed by atoms with E-state index in [-0.39, 0.29) is 43.1 Å². The van der Waals surface area contributed by atoms with Crippen molar-refractivity contribution in [2.75, 3.05) is 46.5 Å². The van der Waals surface area contributed by atoms with Gasteiger partial charge in [0.25, 0.3) is 5.91 Å². The zero-order valence-corrected chi connectivity index (χ0v) is 16.8. The summed E-state index contributed by atoms with van der Waals surface area (Å²) >= 11 is 0. The van der Waals surface area contributed by atoms with E-state index in [0.717, 1.165) is 0 Å². The lowest BCUT2D eigenvalue weighted by atomic mass is 10.1. The molecule has 0 aromatic heterocycles. The maximum absolute atomic E-state index is 12.9. The lowest BCUT2D eigenvalue weighted by molar-refractivity contribution is -0.145. The molecular weight excluding hydrogens is 402 g/mol. The molecule has 2 aliphatic heterocycles. The minimum atomic E-state index is -3.67. The molecule has 1 atom stereocenters. The first kappa shape index (κ1) is 21.2. The van der Waals surface area contributed by atoms with Gasteiger partial charge in [-0.25, -0.2) is 8.42 Å². The molecule has 0 spiro atoms. The van der Waals surface area contributed by atoms with Crippen molar-refractivity contribution in [1.82, 2.24) is 14.5 Å². The molecule has 11 heteroatoms. The molecule has 3 rings (SSSR count). The molecule has 1 N–H and O–H groups in total. The standard InChI is InChI=1S/C18H23N3O7S/c1-27-16(22)12-15-17(23)19-6-7-21(15)18(24)13-2-4-14(5-3-13)29(25,26)20-8-10-28-11-9-20/h2-5,15H,6-12H2,1H3,(H,19,23)/t15-/m1/s1. The van der Waals surface area contributed by atoms with Crippen molar-refractivity contribution in [3.05, 3.63) is 29.8 Å². The average molecular weight is 425 g/mol. The number of ether oxygens (including phenoxy) is 2. The number of carbonyl (C=O) groups is 3. The second-order valence-electron chi connectivity index (χ2n) is 6.63. The van der Waals surface area contributed by atoms with Crippen LogP contribution in [0.1, 0.15) is 16.8 Å². The molecule has 2 heterocycles. The number of methoxy groups -OCH3 is 1. The molecule has 0 bridgehead atoms. The Kier molecular flexibility index (Phi) is 6.50. The molecule has 0 radical (unpaired) electrons. The van der Waals surface area contributed by atoms with Crippen molar-refractivity contribution in [1.29, 1.82) is 0 Å². The third-order valence-electron chi connectivity index (χ3n) is 4.89. The first-order valence-electron chi connectivity index (χ1n) is 9.18. The van der Waals surface area contributed by atoms with Crippen LogP contribution in [0.4, 0.5) is 0 Å². The van der Waals surface area contributed by atoms with Gasteiger partial charge in [0.1, 0.15) is 6.04 Å². The highest BCUT2D eigenvalue weighted by molar-refractivity contribution is 7.89. The Morgan fingerprint density at radius 3 is 2.45 bits per heavy atom. The van der Waals surface area contributed by atoms with Gasteiger partial charge >= 0.3 is 5.97 Å². The summed E-state index contributed by atoms with van der Waals surface area (Å²) in [5.74, 6) is -1.48. The van der Waals surface area contributed by atoms with Gasteiger partial charge in [-0.15, -0.1) is 0 Å². The number of amides is 2. The molecule has 2 amide bonds. The van der Waals surface area contributed by atoms with E-state index in [1.807, 2.05) is 0 Å². The summed E-state index contributed by atoms with van der Waals surface area (Å²) in [5, 5.41) is 2.63. The van der Waals surface area contributed by atoms with E-state index in [0.29, 0.717) is 13.2 Å². The zero-order valence-electron chi connectivity index (χ0n) is 16.0. The second-order valence-corrected chi connectivity index (χ2v) is 8.56. The minimum Gasteiger partial charge on any atom is -0.469 e. The lowest BCUT2D eigenvalue weighted by Crippen LogP contribution is -2.57. The summed E-state index contributed by atoms with van der Waals surface area (Å²) in [4.78, 5) is 38.1. The lowest BCUT2D eigenvalue weighted by Gasteiger charge is -2.34. The third kappa shape index (κ3) is 4.57. The van der Waals surface area contributed by atoms with Crippen LogP contribution in [-0.2, 0) is 29.1 Å². The van der Waals surface area contributed by atoms with Gasteiger partial charge in [0.15, 0.2) is 0 Å². The monoisotopic (exact) mass is 425 g/mol. The molecule has 1 aromatic carbocycles. The topological polar surface area (TPSA) is 122 Å². The molecule has 158 valence electrons. The van der Waals surface area contributed by atoms with E-state index in [1.165, 1.54) is 40.6 Å². The predicted molar refractivity (Wildman–Crippen MR) is 100 cm³/mol. The van der Waals surface area contributed by atoms with Crippen LogP contribution in [0, 0.1) is 0 Å². The highest BCUT2D eigenvalue weighted by Gasteiger charge is 2.35. The summed E-state index contributed by atoms with van der Waals surface area (Å²) in [5.41, 5.74) is 0.232. The molecule has 2 fully saturated rings. The molecule has 0 saturated carbocycles. The van der Waals surface area contributed by atoms with Gasteiger partial charge in [-0.2, -0.15) is 4.31 Å². The van der Waals surface area contributed by atoms with E-state index in [1.54, 1.807) is 0 Å². The Morgan fingerprint density at radius 1 is 1.17 bits per heavy atom. The number of hydrogen-bond donors (Lipinski definition) is 1. The molecule has 1 aromatic rings.